The zero-order chi connectivity index (χ0) is 17.3. The van der Waals surface area contributed by atoms with Crippen LogP contribution in [0, 0.1) is 0 Å². The molecule has 0 spiro atoms. The number of hydrogen-bond acceptors (Lipinski definition) is 4. The van der Waals surface area contributed by atoms with Gasteiger partial charge in [-0.3, -0.25) is 14.8 Å². The maximum atomic E-state index is 5.45. The van der Waals surface area contributed by atoms with Crippen molar-refractivity contribution < 1.29 is 4.74 Å². The van der Waals surface area contributed by atoms with Gasteiger partial charge in [-0.15, -0.1) is 0 Å². The molecule has 0 bridgehead atoms. The molecule has 1 rings (SSSR count). The van der Waals surface area contributed by atoms with Crippen LogP contribution in [0.4, 0.5) is 0 Å². The molecule has 1 saturated heterocycles. The molecular formula is C17H37N5O. The number of aliphatic imine (C=N–C) groups is 1. The van der Waals surface area contributed by atoms with Crippen LogP contribution in [0.15, 0.2) is 4.99 Å². The molecule has 1 unspecified atom stereocenters. The first kappa shape index (κ1) is 20.2. The second-order valence-corrected chi connectivity index (χ2v) is 6.79. The quantitative estimate of drug-likeness (QED) is 0.514. The SMILES string of the molecule is CCN(CC)C(C)CNC(=NC)NCC(C)(C)N1CCOCC1. The average molecular weight is 328 g/mol. The highest BCUT2D eigenvalue weighted by atomic mass is 16.5. The Morgan fingerprint density at radius 3 is 2.35 bits per heavy atom. The van der Waals surface area contributed by atoms with Crippen LogP contribution in [-0.4, -0.2) is 86.9 Å². The van der Waals surface area contributed by atoms with E-state index in [1.165, 1.54) is 0 Å². The summed E-state index contributed by atoms with van der Waals surface area (Å²) in [5, 5.41) is 6.92. The Balaban J connectivity index is 2.41. The third-order valence-electron chi connectivity index (χ3n) is 4.78. The maximum Gasteiger partial charge on any atom is 0.191 e. The van der Waals surface area contributed by atoms with Crippen LogP contribution in [0.3, 0.4) is 0 Å². The van der Waals surface area contributed by atoms with E-state index in [1.54, 1.807) is 0 Å². The van der Waals surface area contributed by atoms with Gasteiger partial charge in [0.1, 0.15) is 0 Å². The molecule has 0 aromatic rings. The van der Waals surface area contributed by atoms with Crippen LogP contribution >= 0.6 is 0 Å². The van der Waals surface area contributed by atoms with Crippen molar-refractivity contribution in [3.05, 3.63) is 0 Å². The van der Waals surface area contributed by atoms with Crippen LogP contribution in [-0.2, 0) is 4.74 Å². The van der Waals surface area contributed by atoms with E-state index in [2.05, 4.69) is 60.0 Å². The van der Waals surface area contributed by atoms with Gasteiger partial charge in [0.25, 0.3) is 0 Å². The number of nitrogens with one attached hydrogen (secondary N) is 2. The predicted octanol–water partition coefficient (Wildman–Crippen LogP) is 0.993. The summed E-state index contributed by atoms with van der Waals surface area (Å²) in [7, 11) is 1.83. The number of guanidine groups is 1. The summed E-state index contributed by atoms with van der Waals surface area (Å²) < 4.78 is 5.45. The van der Waals surface area contributed by atoms with Crippen molar-refractivity contribution in [2.45, 2.75) is 46.2 Å². The molecule has 0 aromatic heterocycles. The van der Waals surface area contributed by atoms with Gasteiger partial charge in [-0.05, 0) is 33.9 Å². The van der Waals surface area contributed by atoms with E-state index in [-0.39, 0.29) is 5.54 Å². The average Bonchev–Trinajstić information content (AvgIpc) is 2.57. The van der Waals surface area contributed by atoms with Crippen molar-refractivity contribution in [1.82, 2.24) is 20.4 Å². The van der Waals surface area contributed by atoms with E-state index in [1.807, 2.05) is 7.05 Å². The molecule has 1 atom stereocenters. The largest absolute Gasteiger partial charge is 0.379 e. The molecule has 1 aliphatic heterocycles. The normalized spacial score (nSPS) is 19.0. The van der Waals surface area contributed by atoms with Gasteiger partial charge >= 0.3 is 0 Å². The molecule has 6 heteroatoms. The molecule has 1 fully saturated rings. The number of rotatable bonds is 8. The molecule has 0 aromatic carbocycles. The number of ether oxygens (including phenoxy) is 1. The molecule has 2 N–H and O–H groups in total. The summed E-state index contributed by atoms with van der Waals surface area (Å²) >= 11 is 0. The first-order valence-electron chi connectivity index (χ1n) is 8.96. The molecule has 0 saturated carbocycles. The van der Waals surface area contributed by atoms with Crippen molar-refractivity contribution in [2.75, 3.05) is 59.5 Å². The molecule has 1 aliphatic rings. The Labute approximate surface area is 142 Å². The minimum Gasteiger partial charge on any atom is -0.379 e. The first-order valence-corrected chi connectivity index (χ1v) is 8.96. The third kappa shape index (κ3) is 6.65. The number of likely N-dealkylation sites (N-methyl/N-ethyl adjacent to an activating group) is 1. The van der Waals surface area contributed by atoms with Crippen LogP contribution in [0.5, 0.6) is 0 Å². The standard InChI is InChI=1S/C17H37N5O/c1-7-21(8-2)15(3)13-19-16(18-6)20-14-17(4,5)22-9-11-23-12-10-22/h15H,7-14H2,1-6H3,(H2,18,19,20). The molecule has 6 nitrogen and oxygen atoms in total. The fraction of sp³-hybridized carbons (Fsp3) is 0.941. The van der Waals surface area contributed by atoms with Gasteiger partial charge in [0.05, 0.1) is 13.2 Å². The maximum absolute atomic E-state index is 5.45. The van der Waals surface area contributed by atoms with Crippen molar-refractivity contribution in [3.63, 3.8) is 0 Å². The fourth-order valence-corrected chi connectivity index (χ4v) is 3.02. The molecule has 0 amide bonds. The van der Waals surface area contributed by atoms with Gasteiger partial charge < -0.3 is 15.4 Å². The third-order valence-corrected chi connectivity index (χ3v) is 4.78. The summed E-state index contributed by atoms with van der Waals surface area (Å²) in [5.74, 6) is 0.880. The number of nitrogens with zero attached hydrogens (tertiary/aromatic N) is 3. The van der Waals surface area contributed by atoms with Crippen LogP contribution in [0.2, 0.25) is 0 Å². The monoisotopic (exact) mass is 327 g/mol. The number of morpholine rings is 1. The minimum atomic E-state index is 0.0892. The predicted molar refractivity (Wildman–Crippen MR) is 98.2 cm³/mol. The van der Waals surface area contributed by atoms with Gasteiger partial charge in [-0.2, -0.15) is 0 Å². The topological polar surface area (TPSA) is 52.1 Å². The Morgan fingerprint density at radius 2 is 1.83 bits per heavy atom. The van der Waals surface area contributed by atoms with E-state index in [0.717, 1.165) is 58.4 Å². The summed E-state index contributed by atoms with van der Waals surface area (Å²) in [6, 6.07) is 0.496. The van der Waals surface area contributed by atoms with Gasteiger partial charge in [0.2, 0.25) is 0 Å². The zero-order valence-electron chi connectivity index (χ0n) is 16.0. The summed E-state index contributed by atoms with van der Waals surface area (Å²) in [4.78, 5) is 9.28. The highest BCUT2D eigenvalue weighted by molar-refractivity contribution is 5.79. The van der Waals surface area contributed by atoms with Gasteiger partial charge in [-0.25, -0.2) is 0 Å². The summed E-state index contributed by atoms with van der Waals surface area (Å²) in [6.45, 7) is 18.8. The first-order chi connectivity index (χ1) is 10.9. The Hall–Kier alpha value is -0.850. The van der Waals surface area contributed by atoms with E-state index in [4.69, 9.17) is 4.74 Å². The van der Waals surface area contributed by atoms with E-state index in [9.17, 15) is 0 Å². The highest BCUT2D eigenvalue weighted by Crippen LogP contribution is 2.14. The van der Waals surface area contributed by atoms with Crippen LogP contribution in [0.1, 0.15) is 34.6 Å². The van der Waals surface area contributed by atoms with Crippen molar-refractivity contribution >= 4 is 5.96 Å². The Kier molecular flexibility index (Phi) is 8.87. The smallest absolute Gasteiger partial charge is 0.191 e. The lowest BCUT2D eigenvalue weighted by molar-refractivity contribution is -0.00834. The number of hydrogen-bond donors (Lipinski definition) is 2. The minimum absolute atomic E-state index is 0.0892. The highest BCUT2D eigenvalue weighted by Gasteiger charge is 2.28. The van der Waals surface area contributed by atoms with E-state index < -0.39 is 0 Å². The zero-order valence-corrected chi connectivity index (χ0v) is 16.0. The van der Waals surface area contributed by atoms with Gasteiger partial charge in [0, 0.05) is 44.8 Å². The second kappa shape index (κ2) is 10.1. The van der Waals surface area contributed by atoms with Crippen LogP contribution < -0.4 is 10.6 Å². The lowest BCUT2D eigenvalue weighted by Gasteiger charge is -2.41. The molecule has 0 aliphatic carbocycles. The van der Waals surface area contributed by atoms with Crippen molar-refractivity contribution in [2.24, 2.45) is 4.99 Å². The van der Waals surface area contributed by atoms with E-state index in [0.29, 0.717) is 6.04 Å². The lowest BCUT2D eigenvalue weighted by atomic mass is 10.0. The fourth-order valence-electron chi connectivity index (χ4n) is 3.02. The summed E-state index contributed by atoms with van der Waals surface area (Å²) in [5.41, 5.74) is 0.0892. The molecule has 1 heterocycles. The lowest BCUT2D eigenvalue weighted by Crippen LogP contribution is -2.57. The van der Waals surface area contributed by atoms with Crippen molar-refractivity contribution in [1.29, 1.82) is 0 Å². The summed E-state index contributed by atoms with van der Waals surface area (Å²) in [6.07, 6.45) is 0. The molecule has 0 radical (unpaired) electrons. The Bertz CT molecular complexity index is 349. The van der Waals surface area contributed by atoms with Crippen LogP contribution in [0.25, 0.3) is 0 Å². The molecule has 23 heavy (non-hydrogen) atoms. The van der Waals surface area contributed by atoms with E-state index >= 15 is 0 Å². The molecule has 136 valence electrons. The Morgan fingerprint density at radius 1 is 1.22 bits per heavy atom. The van der Waals surface area contributed by atoms with Gasteiger partial charge in [0.15, 0.2) is 5.96 Å². The van der Waals surface area contributed by atoms with Gasteiger partial charge in [-0.1, -0.05) is 13.8 Å². The molecular weight excluding hydrogens is 290 g/mol. The second-order valence-electron chi connectivity index (χ2n) is 6.79. The van der Waals surface area contributed by atoms with Crippen molar-refractivity contribution in [3.8, 4) is 0 Å².